The van der Waals surface area contributed by atoms with Crippen LogP contribution in [0.4, 0.5) is 0 Å². The van der Waals surface area contributed by atoms with E-state index in [2.05, 4.69) is 55.6 Å². The van der Waals surface area contributed by atoms with E-state index in [1.165, 1.54) is 16.7 Å². The molecule has 1 fully saturated rings. The molecule has 37 heavy (non-hydrogen) atoms. The van der Waals surface area contributed by atoms with Crippen molar-refractivity contribution in [2.45, 2.75) is 70.3 Å². The highest BCUT2D eigenvalue weighted by Gasteiger charge is 2.32. The number of nitrogens with zero attached hydrogens (tertiary/aromatic N) is 1. The van der Waals surface area contributed by atoms with Crippen LogP contribution in [-0.2, 0) is 28.3 Å². The van der Waals surface area contributed by atoms with Crippen LogP contribution in [-0.4, -0.2) is 34.6 Å². The van der Waals surface area contributed by atoms with Gasteiger partial charge in [0.2, 0.25) is 11.8 Å². The van der Waals surface area contributed by atoms with E-state index in [1.807, 2.05) is 47.4 Å². The highest BCUT2D eigenvalue weighted by molar-refractivity contribution is 7.99. The quantitative estimate of drug-likeness (QED) is 0.330. The van der Waals surface area contributed by atoms with E-state index < -0.39 is 6.04 Å². The number of rotatable bonds is 11. The fourth-order valence-electron chi connectivity index (χ4n) is 4.91. The standard InChI is InChI=1S/C32H38N2O2S/c1-24-16-18-27(19-17-24)21-34(31(35)23-37-22-28-13-7-6-10-25(28)2)30(20-26-11-4-3-5-12-26)32(36)33-29-14-8-9-15-29/h3-7,10-13,16-19,29-30H,8-9,14-15,20-23H2,1-2H3,(H,33,36)/t30-/m0/s1. The van der Waals surface area contributed by atoms with Gasteiger partial charge in [0.15, 0.2) is 0 Å². The Kier molecular flexibility index (Phi) is 9.84. The summed E-state index contributed by atoms with van der Waals surface area (Å²) in [5.74, 6) is 1.07. The minimum atomic E-state index is -0.559. The van der Waals surface area contributed by atoms with Gasteiger partial charge in [-0.3, -0.25) is 9.59 Å². The molecule has 0 radical (unpaired) electrons. The van der Waals surface area contributed by atoms with Gasteiger partial charge in [-0.05, 0) is 48.9 Å². The molecule has 0 bridgehead atoms. The summed E-state index contributed by atoms with van der Waals surface area (Å²) in [7, 11) is 0. The predicted octanol–water partition coefficient (Wildman–Crippen LogP) is 6.24. The third-order valence-corrected chi connectivity index (χ3v) is 8.16. The molecule has 0 unspecified atom stereocenters. The third kappa shape index (κ3) is 7.96. The van der Waals surface area contributed by atoms with Crippen LogP contribution in [0.2, 0.25) is 0 Å². The first kappa shape index (κ1) is 27.0. The van der Waals surface area contributed by atoms with Gasteiger partial charge in [-0.15, -0.1) is 11.8 Å². The largest absolute Gasteiger partial charge is 0.352 e. The topological polar surface area (TPSA) is 49.4 Å². The molecule has 3 aromatic rings. The van der Waals surface area contributed by atoms with E-state index in [-0.39, 0.29) is 17.9 Å². The van der Waals surface area contributed by atoms with Crippen LogP contribution in [0.25, 0.3) is 0 Å². The molecule has 1 aliphatic carbocycles. The second-order valence-electron chi connectivity index (χ2n) is 10.1. The molecule has 0 saturated heterocycles. The summed E-state index contributed by atoms with van der Waals surface area (Å²) in [6.45, 7) is 4.58. The Bertz CT molecular complexity index is 1160. The van der Waals surface area contributed by atoms with E-state index in [0.29, 0.717) is 18.7 Å². The molecule has 0 aliphatic heterocycles. The molecule has 0 heterocycles. The lowest BCUT2D eigenvalue weighted by Crippen LogP contribution is -2.52. The summed E-state index contributed by atoms with van der Waals surface area (Å²) < 4.78 is 0. The molecule has 0 spiro atoms. The van der Waals surface area contributed by atoms with Crippen molar-refractivity contribution in [1.29, 1.82) is 0 Å². The molecular weight excluding hydrogens is 476 g/mol. The molecule has 2 amide bonds. The average Bonchev–Trinajstić information content (AvgIpc) is 3.42. The highest BCUT2D eigenvalue weighted by Crippen LogP contribution is 2.22. The van der Waals surface area contributed by atoms with Gasteiger partial charge in [-0.1, -0.05) is 97.3 Å². The van der Waals surface area contributed by atoms with Crippen LogP contribution in [0.1, 0.15) is 53.5 Å². The van der Waals surface area contributed by atoms with E-state index in [9.17, 15) is 9.59 Å². The summed E-state index contributed by atoms with van der Waals surface area (Å²) in [5.41, 5.74) is 5.75. The number of aryl methyl sites for hydroxylation is 2. The maximum atomic E-state index is 13.8. The molecule has 0 aromatic heterocycles. The van der Waals surface area contributed by atoms with Crippen molar-refractivity contribution in [1.82, 2.24) is 10.2 Å². The maximum absolute atomic E-state index is 13.8. The van der Waals surface area contributed by atoms with Gasteiger partial charge >= 0.3 is 0 Å². The van der Waals surface area contributed by atoms with E-state index in [1.54, 1.807) is 11.8 Å². The monoisotopic (exact) mass is 514 g/mol. The third-order valence-electron chi connectivity index (χ3n) is 7.19. The van der Waals surface area contributed by atoms with E-state index in [4.69, 9.17) is 0 Å². The fraction of sp³-hybridized carbons (Fsp3) is 0.375. The van der Waals surface area contributed by atoms with Crippen molar-refractivity contribution in [3.63, 3.8) is 0 Å². The SMILES string of the molecule is Cc1ccc(CN(C(=O)CSCc2ccccc2C)[C@@H](Cc2ccccc2)C(=O)NC2CCCC2)cc1. The highest BCUT2D eigenvalue weighted by atomic mass is 32.2. The first-order chi connectivity index (χ1) is 18.0. The number of hydrogen-bond acceptors (Lipinski definition) is 3. The van der Waals surface area contributed by atoms with Gasteiger partial charge in [-0.25, -0.2) is 0 Å². The average molecular weight is 515 g/mol. The van der Waals surface area contributed by atoms with E-state index in [0.717, 1.165) is 42.6 Å². The molecule has 5 heteroatoms. The zero-order valence-electron chi connectivity index (χ0n) is 22.0. The smallest absolute Gasteiger partial charge is 0.243 e. The Morgan fingerprint density at radius 2 is 1.57 bits per heavy atom. The van der Waals surface area contributed by atoms with Gasteiger partial charge in [0.1, 0.15) is 6.04 Å². The molecule has 3 aromatic carbocycles. The number of hydrogen-bond donors (Lipinski definition) is 1. The van der Waals surface area contributed by atoms with Crippen LogP contribution in [0.5, 0.6) is 0 Å². The van der Waals surface area contributed by atoms with Crippen molar-refractivity contribution in [3.05, 3.63) is 107 Å². The molecule has 1 atom stereocenters. The van der Waals surface area contributed by atoms with Gasteiger partial charge in [-0.2, -0.15) is 0 Å². The van der Waals surface area contributed by atoms with Gasteiger partial charge in [0.05, 0.1) is 5.75 Å². The molecule has 1 N–H and O–H groups in total. The number of benzene rings is 3. The van der Waals surface area contributed by atoms with Crippen LogP contribution in [0.15, 0.2) is 78.9 Å². The Balaban J connectivity index is 1.56. The maximum Gasteiger partial charge on any atom is 0.243 e. The number of carbonyl (C=O) groups is 2. The summed E-state index contributed by atoms with van der Waals surface area (Å²) in [6.07, 6.45) is 4.83. The van der Waals surface area contributed by atoms with Crippen molar-refractivity contribution in [2.24, 2.45) is 0 Å². The van der Waals surface area contributed by atoms with Crippen LogP contribution >= 0.6 is 11.8 Å². The molecule has 1 aliphatic rings. The van der Waals surface area contributed by atoms with Crippen LogP contribution < -0.4 is 5.32 Å². The van der Waals surface area contributed by atoms with Crippen LogP contribution in [0, 0.1) is 13.8 Å². The molecule has 4 rings (SSSR count). The minimum absolute atomic E-state index is 0.00154. The zero-order valence-corrected chi connectivity index (χ0v) is 22.8. The summed E-state index contributed by atoms with van der Waals surface area (Å²) in [4.78, 5) is 29.3. The van der Waals surface area contributed by atoms with Crippen molar-refractivity contribution in [3.8, 4) is 0 Å². The van der Waals surface area contributed by atoms with Gasteiger partial charge < -0.3 is 10.2 Å². The molecule has 4 nitrogen and oxygen atoms in total. The first-order valence-corrected chi connectivity index (χ1v) is 14.5. The number of carbonyl (C=O) groups excluding carboxylic acids is 2. The minimum Gasteiger partial charge on any atom is -0.352 e. The molecular formula is C32H38N2O2S. The Morgan fingerprint density at radius 1 is 0.892 bits per heavy atom. The van der Waals surface area contributed by atoms with Crippen LogP contribution in [0.3, 0.4) is 0 Å². The lowest BCUT2D eigenvalue weighted by molar-refractivity contribution is -0.139. The van der Waals surface area contributed by atoms with E-state index >= 15 is 0 Å². The number of nitrogens with one attached hydrogen (secondary N) is 1. The number of amides is 2. The lowest BCUT2D eigenvalue weighted by atomic mass is 10.0. The first-order valence-electron chi connectivity index (χ1n) is 13.3. The predicted molar refractivity (Wildman–Crippen MR) is 153 cm³/mol. The van der Waals surface area contributed by atoms with Gasteiger partial charge in [0, 0.05) is 24.8 Å². The Hall–Kier alpha value is -3.05. The molecule has 1 saturated carbocycles. The zero-order chi connectivity index (χ0) is 26.0. The normalized spacial score (nSPS) is 14.3. The summed E-state index contributed by atoms with van der Waals surface area (Å²) in [5, 5.41) is 3.28. The fourth-order valence-corrected chi connectivity index (χ4v) is 5.90. The van der Waals surface area contributed by atoms with Crippen molar-refractivity contribution >= 4 is 23.6 Å². The second kappa shape index (κ2) is 13.5. The van der Waals surface area contributed by atoms with Crippen molar-refractivity contribution < 1.29 is 9.59 Å². The Morgan fingerprint density at radius 3 is 2.27 bits per heavy atom. The molecule has 194 valence electrons. The Labute approximate surface area is 225 Å². The van der Waals surface area contributed by atoms with Gasteiger partial charge in [0.25, 0.3) is 0 Å². The van der Waals surface area contributed by atoms with Crippen molar-refractivity contribution in [2.75, 3.05) is 5.75 Å². The number of thioether (sulfide) groups is 1. The lowest BCUT2D eigenvalue weighted by Gasteiger charge is -2.32. The second-order valence-corrected chi connectivity index (χ2v) is 11.1. The summed E-state index contributed by atoms with van der Waals surface area (Å²) in [6, 6.07) is 26.2. The summed E-state index contributed by atoms with van der Waals surface area (Å²) >= 11 is 1.62.